The number of aliphatic imine (C=N–C) groups is 1. The minimum atomic E-state index is -0.239. The molecule has 33 heavy (non-hydrogen) atoms. The lowest BCUT2D eigenvalue weighted by molar-refractivity contribution is 0.0385. The van der Waals surface area contributed by atoms with E-state index in [1.807, 2.05) is 53.2 Å². The van der Waals surface area contributed by atoms with Crippen LogP contribution in [0.25, 0.3) is 5.57 Å². The molecule has 2 atom stereocenters. The Kier molecular flexibility index (Phi) is 6.83. The molecule has 0 spiro atoms. The fraction of sp³-hybridized carbons (Fsp3) is 0.407. The molecule has 1 unspecified atom stereocenters. The van der Waals surface area contributed by atoms with Crippen LogP contribution in [0.2, 0.25) is 0 Å². The molecule has 0 N–H and O–H groups in total. The molecule has 0 aromatic heterocycles. The smallest absolute Gasteiger partial charge is 0.411 e. The highest BCUT2D eigenvalue weighted by atomic mass is 32.2. The van der Waals surface area contributed by atoms with Gasteiger partial charge in [0, 0.05) is 37.3 Å². The van der Waals surface area contributed by atoms with Crippen molar-refractivity contribution < 1.29 is 14.3 Å². The number of hydrogen-bond acceptors (Lipinski definition) is 5. The summed E-state index contributed by atoms with van der Waals surface area (Å²) in [5.74, 6) is 1.28. The summed E-state index contributed by atoms with van der Waals surface area (Å²) in [6.45, 7) is 3.91. The molecule has 2 saturated heterocycles. The Morgan fingerprint density at radius 1 is 1.12 bits per heavy atom. The molecule has 6 heteroatoms. The predicted octanol–water partition coefficient (Wildman–Crippen LogP) is 5.69. The van der Waals surface area contributed by atoms with Gasteiger partial charge in [-0.15, -0.1) is 11.8 Å². The van der Waals surface area contributed by atoms with E-state index in [1.165, 1.54) is 16.7 Å². The van der Waals surface area contributed by atoms with Crippen LogP contribution in [0.3, 0.4) is 0 Å². The van der Waals surface area contributed by atoms with Gasteiger partial charge < -0.3 is 9.47 Å². The second-order valence-electron chi connectivity index (χ2n) is 8.95. The van der Waals surface area contributed by atoms with Crippen molar-refractivity contribution in [2.24, 2.45) is 10.9 Å². The Balaban J connectivity index is 1.32. The van der Waals surface area contributed by atoms with Gasteiger partial charge in [-0.1, -0.05) is 60.2 Å². The molecular weight excluding hydrogens is 432 g/mol. The Morgan fingerprint density at radius 3 is 2.64 bits per heavy atom. The molecule has 5 rings (SSSR count). The minimum Gasteiger partial charge on any atom is -0.445 e. The fourth-order valence-corrected chi connectivity index (χ4v) is 6.44. The zero-order valence-corrected chi connectivity index (χ0v) is 19.8. The van der Waals surface area contributed by atoms with Gasteiger partial charge in [0.15, 0.2) is 0 Å². The van der Waals surface area contributed by atoms with E-state index in [1.54, 1.807) is 0 Å². The molecule has 0 aliphatic carbocycles. The number of nitrogens with zero attached hydrogens (tertiary/aromatic N) is 2. The molecule has 0 bridgehead atoms. The van der Waals surface area contributed by atoms with E-state index in [0.717, 1.165) is 49.5 Å². The van der Waals surface area contributed by atoms with Crippen LogP contribution in [0.4, 0.5) is 4.79 Å². The number of rotatable bonds is 5. The highest BCUT2D eigenvalue weighted by Gasteiger charge is 2.45. The maximum Gasteiger partial charge on any atom is 0.411 e. The average molecular weight is 463 g/mol. The summed E-state index contributed by atoms with van der Waals surface area (Å²) in [5.41, 5.74) is 5.71. The fourth-order valence-electron chi connectivity index (χ4n) is 4.77. The van der Waals surface area contributed by atoms with Crippen molar-refractivity contribution in [2.45, 2.75) is 44.2 Å². The summed E-state index contributed by atoms with van der Waals surface area (Å²) in [4.78, 5) is 20.2. The zero-order chi connectivity index (χ0) is 22.6. The third-order valence-electron chi connectivity index (χ3n) is 6.68. The Hall–Kier alpha value is -2.57. The molecule has 3 heterocycles. The first-order chi connectivity index (χ1) is 16.2. The molecule has 2 aromatic carbocycles. The SMILES string of the molecule is Cc1ccc(C2=CN=C([C@@H]3CSC(C4CCOCC4)N3C(=O)OCc3ccccc3)C2)cc1. The van der Waals surface area contributed by atoms with Crippen molar-refractivity contribution in [2.75, 3.05) is 19.0 Å². The van der Waals surface area contributed by atoms with Gasteiger partial charge in [-0.05, 0) is 42.4 Å². The second-order valence-corrected chi connectivity index (χ2v) is 10.1. The van der Waals surface area contributed by atoms with E-state index in [4.69, 9.17) is 14.5 Å². The quantitative estimate of drug-likeness (QED) is 0.573. The number of benzene rings is 2. The summed E-state index contributed by atoms with van der Waals surface area (Å²) in [6.07, 6.45) is 4.46. The molecular formula is C27H30N2O3S. The molecule has 5 nitrogen and oxygen atoms in total. The average Bonchev–Trinajstić information content (AvgIpc) is 3.52. The number of carbonyl (C=O) groups is 1. The van der Waals surface area contributed by atoms with Gasteiger partial charge in [-0.3, -0.25) is 9.89 Å². The predicted molar refractivity (Wildman–Crippen MR) is 133 cm³/mol. The molecule has 172 valence electrons. The van der Waals surface area contributed by atoms with E-state index in [-0.39, 0.29) is 24.1 Å². The van der Waals surface area contributed by atoms with E-state index < -0.39 is 0 Å². The van der Waals surface area contributed by atoms with Crippen molar-refractivity contribution in [1.82, 2.24) is 4.90 Å². The molecule has 3 aliphatic rings. The Labute approximate surface area is 199 Å². The van der Waals surface area contributed by atoms with Gasteiger partial charge in [0.25, 0.3) is 0 Å². The molecule has 2 fully saturated rings. The molecule has 0 radical (unpaired) electrons. The van der Waals surface area contributed by atoms with Crippen LogP contribution in [0, 0.1) is 12.8 Å². The topological polar surface area (TPSA) is 51.1 Å². The van der Waals surface area contributed by atoms with Crippen LogP contribution < -0.4 is 0 Å². The van der Waals surface area contributed by atoms with Gasteiger partial charge in [0.05, 0.1) is 11.4 Å². The molecule has 0 saturated carbocycles. The van der Waals surface area contributed by atoms with E-state index >= 15 is 0 Å². The van der Waals surface area contributed by atoms with Crippen molar-refractivity contribution >= 4 is 29.1 Å². The maximum absolute atomic E-state index is 13.4. The van der Waals surface area contributed by atoms with Gasteiger partial charge in [0.2, 0.25) is 0 Å². The normalized spacial score (nSPS) is 23.4. The first-order valence-electron chi connectivity index (χ1n) is 11.7. The first-order valence-corrected chi connectivity index (χ1v) is 12.7. The summed E-state index contributed by atoms with van der Waals surface area (Å²) in [6, 6.07) is 18.4. The molecule has 2 aromatic rings. The second kappa shape index (κ2) is 10.1. The van der Waals surface area contributed by atoms with Gasteiger partial charge in [0.1, 0.15) is 6.61 Å². The first kappa shape index (κ1) is 22.2. The van der Waals surface area contributed by atoms with Crippen LogP contribution >= 0.6 is 11.8 Å². The third kappa shape index (κ3) is 5.02. The van der Waals surface area contributed by atoms with Crippen molar-refractivity contribution in [3.8, 4) is 0 Å². The standard InChI is InChI=1S/C27H30N2O3S/c1-19-7-9-21(10-8-19)23-15-24(28-16-23)25-18-33-26(22-11-13-31-14-12-22)29(25)27(30)32-17-20-5-3-2-4-6-20/h2-10,16,22,25-26H,11-15,17-18H2,1H3/t25-,26?/m0/s1. The molecule has 1 amide bonds. The Morgan fingerprint density at radius 2 is 1.88 bits per heavy atom. The van der Waals surface area contributed by atoms with Gasteiger partial charge >= 0.3 is 6.09 Å². The summed E-state index contributed by atoms with van der Waals surface area (Å²) < 4.78 is 11.4. The lowest BCUT2D eigenvalue weighted by Gasteiger charge is -2.35. The highest BCUT2D eigenvalue weighted by molar-refractivity contribution is 8.00. The van der Waals surface area contributed by atoms with Gasteiger partial charge in [-0.25, -0.2) is 4.79 Å². The van der Waals surface area contributed by atoms with Crippen molar-refractivity contribution in [3.63, 3.8) is 0 Å². The lowest BCUT2D eigenvalue weighted by Crippen LogP contribution is -2.48. The number of thioether (sulfide) groups is 1. The van der Waals surface area contributed by atoms with E-state index in [0.29, 0.717) is 5.92 Å². The minimum absolute atomic E-state index is 0.0367. The highest BCUT2D eigenvalue weighted by Crippen LogP contribution is 2.41. The number of hydrogen-bond donors (Lipinski definition) is 0. The van der Waals surface area contributed by atoms with E-state index in [2.05, 4.69) is 31.2 Å². The monoisotopic (exact) mass is 462 g/mol. The zero-order valence-electron chi connectivity index (χ0n) is 19.0. The lowest BCUT2D eigenvalue weighted by atomic mass is 9.96. The number of allylic oxidation sites excluding steroid dienone is 1. The van der Waals surface area contributed by atoms with E-state index in [9.17, 15) is 4.79 Å². The largest absolute Gasteiger partial charge is 0.445 e. The van der Waals surface area contributed by atoms with Crippen molar-refractivity contribution in [1.29, 1.82) is 0 Å². The third-order valence-corrected chi connectivity index (χ3v) is 8.15. The van der Waals surface area contributed by atoms with Crippen LogP contribution in [-0.2, 0) is 16.1 Å². The van der Waals surface area contributed by atoms with Crippen molar-refractivity contribution in [3.05, 3.63) is 77.5 Å². The van der Waals surface area contributed by atoms with Gasteiger partial charge in [-0.2, -0.15) is 0 Å². The maximum atomic E-state index is 13.4. The number of carbonyl (C=O) groups excluding carboxylic acids is 1. The van der Waals surface area contributed by atoms with Crippen LogP contribution in [0.1, 0.15) is 36.0 Å². The summed E-state index contributed by atoms with van der Waals surface area (Å²) in [5, 5.41) is 0.105. The van der Waals surface area contributed by atoms with Crippen LogP contribution in [0.5, 0.6) is 0 Å². The summed E-state index contributed by atoms with van der Waals surface area (Å²) in [7, 11) is 0. The Bertz CT molecular complexity index is 1030. The van der Waals surface area contributed by atoms with Crippen LogP contribution in [0.15, 0.2) is 65.8 Å². The number of amides is 1. The number of ether oxygens (including phenoxy) is 2. The van der Waals surface area contributed by atoms with Crippen LogP contribution in [-0.4, -0.2) is 47.1 Å². The number of aryl methyl sites for hydroxylation is 1. The molecule has 3 aliphatic heterocycles. The summed E-state index contributed by atoms with van der Waals surface area (Å²) >= 11 is 1.87.